The molecule has 216 valence electrons. The van der Waals surface area contributed by atoms with Crippen molar-refractivity contribution in [1.82, 2.24) is 10.9 Å². The summed E-state index contributed by atoms with van der Waals surface area (Å²) in [6.45, 7) is 0. The Morgan fingerprint density at radius 1 is 0.690 bits per heavy atom. The lowest BCUT2D eigenvalue weighted by Crippen LogP contribution is -2.47. The molecule has 42 heavy (non-hydrogen) atoms. The maximum absolute atomic E-state index is 13.2. The van der Waals surface area contributed by atoms with Crippen molar-refractivity contribution >= 4 is 104 Å². The van der Waals surface area contributed by atoms with Crippen LogP contribution in [0, 0.1) is 0 Å². The molecule has 0 fully saturated rings. The molecule has 0 aliphatic heterocycles. The maximum atomic E-state index is 13.2. The van der Waals surface area contributed by atoms with Gasteiger partial charge in [0.05, 0.1) is 21.4 Å². The normalized spacial score (nSPS) is 11.5. The molecule has 0 aliphatic rings. The molecule has 0 atom stereocenters. The van der Waals surface area contributed by atoms with Gasteiger partial charge in [-0.1, -0.05) is 36.4 Å². The SMILES string of the molecule is O=C(N/N=C/c1cc(Br)c(O)c(Br)c1O)C(Nc1cccc2ccccc12)C(=O)N/N=C/c1cc(Br)c(O)c(Br)c1O. The number of hydrogen-bond acceptors (Lipinski definition) is 9. The molecule has 0 heterocycles. The van der Waals surface area contributed by atoms with E-state index in [0.717, 1.165) is 23.2 Å². The molecular formula is C27H19Br4N5O6. The Hall–Kier alpha value is -3.66. The molecule has 0 spiro atoms. The minimum absolute atomic E-state index is 0.0242. The average molecular weight is 829 g/mol. The van der Waals surface area contributed by atoms with Crippen LogP contribution in [0.1, 0.15) is 11.1 Å². The Balaban J connectivity index is 1.59. The number of carbonyl (C=O) groups excluding carboxylic acids is 2. The second kappa shape index (κ2) is 13.5. The van der Waals surface area contributed by atoms with E-state index in [1.165, 1.54) is 12.1 Å². The summed E-state index contributed by atoms with van der Waals surface area (Å²) in [4.78, 5) is 26.4. The highest BCUT2D eigenvalue weighted by atomic mass is 79.9. The number of fused-ring (bicyclic) bond motifs is 1. The number of halogens is 4. The van der Waals surface area contributed by atoms with Gasteiger partial charge in [-0.15, -0.1) is 0 Å². The maximum Gasteiger partial charge on any atom is 0.272 e. The van der Waals surface area contributed by atoms with E-state index in [4.69, 9.17) is 0 Å². The zero-order chi connectivity index (χ0) is 30.6. The van der Waals surface area contributed by atoms with Crippen LogP contribution in [0.3, 0.4) is 0 Å². The summed E-state index contributed by atoms with van der Waals surface area (Å²) < 4.78 is 0.588. The lowest BCUT2D eigenvalue weighted by Gasteiger charge is -2.18. The van der Waals surface area contributed by atoms with Crippen LogP contribution < -0.4 is 16.2 Å². The molecule has 11 nitrogen and oxygen atoms in total. The van der Waals surface area contributed by atoms with Crippen molar-refractivity contribution < 1.29 is 30.0 Å². The number of carbonyl (C=O) groups is 2. The molecule has 0 radical (unpaired) electrons. The standard InChI is InChI=1S/C27H19Br4N5O6/c28-16-8-13(22(37)19(30)24(16)39)10-32-35-26(41)21(34-18-7-3-5-12-4-1-2-6-15(12)18)27(42)36-33-11-14-9-17(29)25(40)20(31)23(14)38/h1-11,21,34,37-40H,(H,35,41)(H,36,42)/b32-10+,33-11+. The Kier molecular flexibility index (Phi) is 10.1. The van der Waals surface area contributed by atoms with E-state index in [0.29, 0.717) is 5.69 Å². The summed E-state index contributed by atoms with van der Waals surface area (Å²) in [5.74, 6) is -2.79. The van der Waals surface area contributed by atoms with Crippen molar-refractivity contribution in [3.8, 4) is 23.0 Å². The number of phenolic OH excluding ortho intramolecular Hbond substituents is 4. The molecule has 0 saturated heterocycles. The number of phenols is 4. The van der Waals surface area contributed by atoms with Crippen molar-refractivity contribution in [1.29, 1.82) is 0 Å². The van der Waals surface area contributed by atoms with Crippen LogP contribution >= 0.6 is 63.7 Å². The highest BCUT2D eigenvalue weighted by molar-refractivity contribution is 9.11. The number of anilines is 1. The van der Waals surface area contributed by atoms with Gasteiger partial charge in [0.1, 0.15) is 31.9 Å². The lowest BCUT2D eigenvalue weighted by atomic mass is 10.1. The molecule has 15 heteroatoms. The van der Waals surface area contributed by atoms with Crippen LogP contribution in [0.2, 0.25) is 0 Å². The number of nitrogens with zero attached hydrogens (tertiary/aromatic N) is 2. The first kappa shape index (κ1) is 31.3. The van der Waals surface area contributed by atoms with E-state index in [1.54, 1.807) is 12.1 Å². The molecule has 0 aliphatic carbocycles. The summed E-state index contributed by atoms with van der Waals surface area (Å²) in [5.41, 5.74) is 5.35. The molecule has 0 unspecified atom stereocenters. The summed E-state index contributed by atoms with van der Waals surface area (Å²) in [6.07, 6.45) is 2.27. The highest BCUT2D eigenvalue weighted by Crippen LogP contribution is 2.41. The van der Waals surface area contributed by atoms with E-state index in [-0.39, 0.29) is 52.0 Å². The summed E-state index contributed by atoms with van der Waals surface area (Å²) >= 11 is 12.5. The first-order chi connectivity index (χ1) is 20.0. The predicted molar refractivity (Wildman–Crippen MR) is 173 cm³/mol. The zero-order valence-corrected chi connectivity index (χ0v) is 27.3. The number of amides is 2. The van der Waals surface area contributed by atoms with Gasteiger partial charge in [0.25, 0.3) is 11.8 Å². The number of hydrazone groups is 2. The fraction of sp³-hybridized carbons (Fsp3) is 0.0370. The Morgan fingerprint density at radius 3 is 1.69 bits per heavy atom. The van der Waals surface area contributed by atoms with Gasteiger partial charge in [0.2, 0.25) is 0 Å². The summed E-state index contributed by atoms with van der Waals surface area (Å²) in [6, 6.07) is 14.0. The molecule has 0 bridgehead atoms. The van der Waals surface area contributed by atoms with E-state index in [2.05, 4.69) is 90.1 Å². The van der Waals surface area contributed by atoms with Crippen molar-refractivity contribution in [2.75, 3.05) is 5.32 Å². The molecule has 4 aromatic carbocycles. The average Bonchev–Trinajstić information content (AvgIpc) is 2.98. The molecule has 0 aromatic heterocycles. The van der Waals surface area contributed by atoms with Gasteiger partial charge in [-0.2, -0.15) is 10.2 Å². The van der Waals surface area contributed by atoms with Gasteiger partial charge in [0, 0.05) is 22.2 Å². The van der Waals surface area contributed by atoms with Gasteiger partial charge >= 0.3 is 0 Å². The molecular weight excluding hydrogens is 810 g/mol. The lowest BCUT2D eigenvalue weighted by molar-refractivity contribution is -0.130. The highest BCUT2D eigenvalue weighted by Gasteiger charge is 2.27. The number of aromatic hydroxyl groups is 4. The van der Waals surface area contributed by atoms with Crippen LogP contribution in [0.15, 0.2) is 82.7 Å². The van der Waals surface area contributed by atoms with E-state index in [9.17, 15) is 30.0 Å². The zero-order valence-electron chi connectivity index (χ0n) is 20.9. The van der Waals surface area contributed by atoms with Crippen molar-refractivity contribution in [2.24, 2.45) is 10.2 Å². The Morgan fingerprint density at radius 2 is 1.17 bits per heavy atom. The monoisotopic (exact) mass is 825 g/mol. The minimum Gasteiger partial charge on any atom is -0.506 e. The Labute approximate surface area is 271 Å². The number of benzene rings is 4. The van der Waals surface area contributed by atoms with Gasteiger partial charge in [-0.05, 0) is 87.3 Å². The first-order valence-corrected chi connectivity index (χ1v) is 14.9. The van der Waals surface area contributed by atoms with E-state index >= 15 is 0 Å². The van der Waals surface area contributed by atoms with Gasteiger partial charge in [-0.25, -0.2) is 10.9 Å². The topological polar surface area (TPSA) is 176 Å². The molecule has 4 rings (SSSR count). The van der Waals surface area contributed by atoms with Gasteiger partial charge in [0.15, 0.2) is 6.04 Å². The van der Waals surface area contributed by atoms with Crippen LogP contribution in [-0.4, -0.2) is 50.7 Å². The van der Waals surface area contributed by atoms with Crippen LogP contribution in [-0.2, 0) is 9.59 Å². The third kappa shape index (κ3) is 6.86. The molecule has 0 saturated carbocycles. The Bertz CT molecular complexity index is 1670. The van der Waals surface area contributed by atoms with E-state index < -0.39 is 17.9 Å². The van der Waals surface area contributed by atoms with Crippen molar-refractivity contribution in [2.45, 2.75) is 6.04 Å². The van der Waals surface area contributed by atoms with Crippen molar-refractivity contribution in [3.05, 3.63) is 83.6 Å². The van der Waals surface area contributed by atoms with Crippen molar-refractivity contribution in [3.63, 3.8) is 0 Å². The molecule has 2 amide bonds. The minimum atomic E-state index is -1.54. The number of hydrogen-bond donors (Lipinski definition) is 7. The second-order valence-corrected chi connectivity index (χ2v) is 11.8. The molecule has 4 aromatic rings. The van der Waals surface area contributed by atoms with Gasteiger partial charge in [-0.3, -0.25) is 9.59 Å². The fourth-order valence-corrected chi connectivity index (χ4v) is 5.95. The summed E-state index contributed by atoms with van der Waals surface area (Å²) in [7, 11) is 0. The third-order valence-corrected chi connectivity index (χ3v) is 8.48. The predicted octanol–water partition coefficient (Wildman–Crippen LogP) is 5.79. The third-order valence-electron chi connectivity index (χ3n) is 5.77. The largest absolute Gasteiger partial charge is 0.506 e. The van der Waals surface area contributed by atoms with Gasteiger partial charge < -0.3 is 25.7 Å². The summed E-state index contributed by atoms with van der Waals surface area (Å²) in [5, 5.41) is 52.6. The smallest absolute Gasteiger partial charge is 0.272 e. The van der Waals surface area contributed by atoms with Crippen LogP contribution in [0.4, 0.5) is 5.69 Å². The fourth-order valence-electron chi connectivity index (χ4n) is 3.65. The quantitative estimate of drug-likeness (QED) is 0.0668. The first-order valence-electron chi connectivity index (χ1n) is 11.7. The molecule has 7 N–H and O–H groups in total. The van der Waals surface area contributed by atoms with Crippen LogP contribution in [0.5, 0.6) is 23.0 Å². The number of nitrogens with one attached hydrogen (secondary N) is 3. The second-order valence-electron chi connectivity index (χ2n) is 8.49. The van der Waals surface area contributed by atoms with E-state index in [1.807, 2.05) is 30.3 Å². The number of rotatable bonds is 8. The van der Waals surface area contributed by atoms with Crippen LogP contribution in [0.25, 0.3) is 10.8 Å².